The molecular weight excluding hydrogens is 761 g/mol. The maximum absolute atomic E-state index is 13.3. The van der Waals surface area contributed by atoms with Crippen molar-refractivity contribution in [1.29, 1.82) is 0 Å². The third-order valence-electron chi connectivity index (χ3n) is 11.7. The van der Waals surface area contributed by atoms with E-state index in [1.54, 1.807) is 38.1 Å². The maximum atomic E-state index is 13.3. The van der Waals surface area contributed by atoms with Gasteiger partial charge in [-0.15, -0.1) is 0 Å². The van der Waals surface area contributed by atoms with Crippen molar-refractivity contribution >= 4 is 23.9 Å². The average molecular weight is 831 g/mol. The molecule has 0 saturated heterocycles. The Balaban J connectivity index is 1.28. The van der Waals surface area contributed by atoms with Gasteiger partial charge in [0, 0.05) is 0 Å². The molecule has 0 spiro atoms. The molecule has 0 amide bonds. The van der Waals surface area contributed by atoms with E-state index in [9.17, 15) is 19.2 Å². The van der Waals surface area contributed by atoms with E-state index in [4.69, 9.17) is 28.4 Å². The summed E-state index contributed by atoms with van der Waals surface area (Å²) < 4.78 is 33.1. The number of carbonyl (C=O) groups excluding carboxylic acids is 4. The molecule has 330 valence electrons. The summed E-state index contributed by atoms with van der Waals surface area (Å²) >= 11 is 0. The fraction of sp³-hybridized carbons (Fsp3) is 0.600. The molecule has 2 fully saturated rings. The third-order valence-corrected chi connectivity index (χ3v) is 11.7. The highest BCUT2D eigenvalue weighted by atomic mass is 16.6. The van der Waals surface area contributed by atoms with Gasteiger partial charge in [-0.25, -0.2) is 19.2 Å². The Morgan fingerprint density at radius 1 is 0.533 bits per heavy atom. The van der Waals surface area contributed by atoms with Gasteiger partial charge in [-0.3, -0.25) is 0 Å². The number of rotatable bonds is 25. The molecule has 0 radical (unpaired) electrons. The van der Waals surface area contributed by atoms with Crippen LogP contribution in [0.2, 0.25) is 0 Å². The lowest BCUT2D eigenvalue weighted by Crippen LogP contribution is -2.47. The van der Waals surface area contributed by atoms with Crippen molar-refractivity contribution in [3.63, 3.8) is 0 Å². The quantitative estimate of drug-likeness (QED) is 0.0413. The Morgan fingerprint density at radius 3 is 1.23 bits per heavy atom. The zero-order chi connectivity index (χ0) is 43.0. The molecule has 60 heavy (non-hydrogen) atoms. The number of ether oxygens (including phenoxy) is 6. The summed E-state index contributed by atoms with van der Waals surface area (Å²) in [6, 6.07) is 12.5. The zero-order valence-electron chi connectivity index (χ0n) is 36.6. The molecule has 0 aromatic heterocycles. The first kappa shape index (κ1) is 48.1. The highest BCUT2D eigenvalue weighted by molar-refractivity contribution is 5.96. The molecular formula is C50H70O10. The standard InChI is InChI=1S/C50H70O10/c1-5-9-11-15-37-19-23-39(24-20-37)17-13-35-57-43-31-27-41(28-32-43)47(51)59-45(49(53)55-7-3)46(50(54)56-8-4)60-48(52)42-29-33-44(34-30-42)58-36-14-18-40-25-21-38(22-26-40)16-12-10-6-2/h13-14,17-18,27-34,37-40,45-46H,5-12,15-16,19-26,35-36H2,1-4H3/b17-13+,18-14+/t37?,38?,39?,40?,45-,46-/m1/s1. The van der Waals surface area contributed by atoms with E-state index in [1.807, 2.05) is 12.2 Å². The molecule has 0 aliphatic heterocycles. The topological polar surface area (TPSA) is 124 Å². The largest absolute Gasteiger partial charge is 0.490 e. The van der Waals surface area contributed by atoms with E-state index in [0.717, 1.165) is 11.8 Å². The first-order valence-corrected chi connectivity index (χ1v) is 22.8. The number of hydrogen-bond donors (Lipinski definition) is 0. The first-order valence-electron chi connectivity index (χ1n) is 22.8. The van der Waals surface area contributed by atoms with Crippen LogP contribution in [0.4, 0.5) is 0 Å². The second-order valence-electron chi connectivity index (χ2n) is 16.2. The van der Waals surface area contributed by atoms with Crippen LogP contribution in [0.15, 0.2) is 72.8 Å². The van der Waals surface area contributed by atoms with Crippen molar-refractivity contribution in [3.05, 3.63) is 84.0 Å². The minimum atomic E-state index is -1.93. The van der Waals surface area contributed by atoms with Gasteiger partial charge in [0.05, 0.1) is 24.3 Å². The monoisotopic (exact) mass is 830 g/mol. The molecule has 10 heteroatoms. The molecule has 2 aliphatic rings. The summed E-state index contributed by atoms with van der Waals surface area (Å²) in [5, 5.41) is 0. The van der Waals surface area contributed by atoms with E-state index >= 15 is 0 Å². The van der Waals surface area contributed by atoms with E-state index in [1.165, 1.54) is 127 Å². The van der Waals surface area contributed by atoms with Crippen molar-refractivity contribution in [1.82, 2.24) is 0 Å². The number of esters is 4. The molecule has 10 nitrogen and oxygen atoms in total. The van der Waals surface area contributed by atoms with Crippen LogP contribution in [0.3, 0.4) is 0 Å². The van der Waals surface area contributed by atoms with Gasteiger partial charge >= 0.3 is 23.9 Å². The lowest BCUT2D eigenvalue weighted by molar-refractivity contribution is -0.173. The van der Waals surface area contributed by atoms with Crippen LogP contribution in [-0.4, -0.2) is 62.5 Å². The average Bonchev–Trinajstić information content (AvgIpc) is 3.26. The lowest BCUT2D eigenvalue weighted by atomic mass is 9.79. The van der Waals surface area contributed by atoms with Gasteiger partial charge in [0.25, 0.3) is 0 Å². The molecule has 4 rings (SSSR count). The van der Waals surface area contributed by atoms with Gasteiger partial charge in [-0.2, -0.15) is 0 Å². The van der Waals surface area contributed by atoms with Crippen LogP contribution < -0.4 is 9.47 Å². The maximum Gasteiger partial charge on any atom is 0.352 e. The molecule has 2 saturated carbocycles. The summed E-state index contributed by atoms with van der Waals surface area (Å²) in [5.74, 6) is -0.00385. The summed E-state index contributed by atoms with van der Waals surface area (Å²) in [6.07, 6.45) is 25.3. The Kier molecular flexibility index (Phi) is 21.9. The number of unbranched alkanes of at least 4 members (excludes halogenated alkanes) is 4. The molecule has 0 heterocycles. The smallest absolute Gasteiger partial charge is 0.352 e. The Morgan fingerprint density at radius 2 is 0.900 bits per heavy atom. The Hall–Kier alpha value is -4.60. The molecule has 0 bridgehead atoms. The second kappa shape index (κ2) is 27.3. The van der Waals surface area contributed by atoms with Crippen LogP contribution in [0, 0.1) is 23.7 Å². The minimum Gasteiger partial charge on any atom is -0.490 e. The van der Waals surface area contributed by atoms with Gasteiger partial charge in [-0.1, -0.05) is 89.5 Å². The van der Waals surface area contributed by atoms with Crippen molar-refractivity contribution in [2.45, 2.75) is 143 Å². The molecule has 2 aromatic rings. The van der Waals surface area contributed by atoms with Crippen molar-refractivity contribution < 1.29 is 47.6 Å². The van der Waals surface area contributed by atoms with Gasteiger partial charge in [0.2, 0.25) is 12.2 Å². The van der Waals surface area contributed by atoms with Crippen LogP contribution in [0.1, 0.15) is 151 Å². The Labute approximate surface area is 358 Å². The first-order chi connectivity index (χ1) is 29.2. The van der Waals surface area contributed by atoms with Gasteiger partial charge in [-0.05, 0) is 137 Å². The normalized spacial score (nSPS) is 20.3. The summed E-state index contributed by atoms with van der Waals surface area (Å²) in [6.45, 7) is 8.27. The van der Waals surface area contributed by atoms with Crippen molar-refractivity contribution in [2.75, 3.05) is 26.4 Å². The molecule has 2 aromatic carbocycles. The van der Waals surface area contributed by atoms with Crippen LogP contribution in [0.5, 0.6) is 11.5 Å². The third kappa shape index (κ3) is 16.8. The van der Waals surface area contributed by atoms with Crippen molar-refractivity contribution in [3.8, 4) is 11.5 Å². The fourth-order valence-corrected chi connectivity index (χ4v) is 8.15. The van der Waals surface area contributed by atoms with Crippen LogP contribution >= 0.6 is 0 Å². The summed E-state index contributed by atoms with van der Waals surface area (Å²) in [5.41, 5.74) is 0.180. The van der Waals surface area contributed by atoms with Crippen LogP contribution in [-0.2, 0) is 28.5 Å². The highest BCUT2D eigenvalue weighted by Gasteiger charge is 2.43. The Bertz CT molecular complexity index is 1490. The number of benzene rings is 2. The minimum absolute atomic E-state index is 0.0753. The molecule has 0 unspecified atom stereocenters. The van der Waals surface area contributed by atoms with E-state index in [-0.39, 0.29) is 24.3 Å². The fourth-order valence-electron chi connectivity index (χ4n) is 8.15. The van der Waals surface area contributed by atoms with Gasteiger partial charge in [0.1, 0.15) is 24.7 Å². The highest BCUT2D eigenvalue weighted by Crippen LogP contribution is 2.34. The lowest BCUT2D eigenvalue weighted by Gasteiger charge is -2.26. The predicted octanol–water partition coefficient (Wildman–Crippen LogP) is 11.2. The number of carbonyl (C=O) groups is 4. The van der Waals surface area contributed by atoms with Gasteiger partial charge < -0.3 is 28.4 Å². The predicted molar refractivity (Wildman–Crippen MR) is 233 cm³/mol. The second-order valence-corrected chi connectivity index (χ2v) is 16.2. The molecule has 2 atom stereocenters. The zero-order valence-corrected chi connectivity index (χ0v) is 36.6. The van der Waals surface area contributed by atoms with E-state index in [2.05, 4.69) is 26.0 Å². The van der Waals surface area contributed by atoms with E-state index in [0.29, 0.717) is 36.5 Å². The summed E-state index contributed by atoms with van der Waals surface area (Å²) in [4.78, 5) is 53.0. The van der Waals surface area contributed by atoms with Crippen molar-refractivity contribution in [2.24, 2.45) is 23.7 Å². The summed E-state index contributed by atoms with van der Waals surface area (Å²) in [7, 11) is 0. The van der Waals surface area contributed by atoms with E-state index < -0.39 is 36.1 Å². The number of hydrogen-bond acceptors (Lipinski definition) is 10. The molecule has 0 N–H and O–H groups in total. The molecule has 2 aliphatic carbocycles. The van der Waals surface area contributed by atoms with Gasteiger partial charge in [0.15, 0.2) is 0 Å². The van der Waals surface area contributed by atoms with Crippen LogP contribution in [0.25, 0.3) is 0 Å². The SMILES string of the molecule is CCCCCC1CCC(/C=C/COc2ccc(C(=O)O[C@@H](C(=O)OCC)[C@@H](OC(=O)c3ccc(OC/C=C/C4CCC(CCCCC)CC4)cc3)C(=O)OCC)cc2)CC1. The number of allylic oxidation sites excluding steroid dienone is 2.